The van der Waals surface area contributed by atoms with E-state index >= 15 is 0 Å². The van der Waals surface area contributed by atoms with Gasteiger partial charge in [0, 0.05) is 29.8 Å². The Morgan fingerprint density at radius 2 is 1.77 bits per heavy atom. The maximum absolute atomic E-state index is 14.1. The van der Waals surface area contributed by atoms with Crippen molar-refractivity contribution >= 4 is 27.8 Å². The van der Waals surface area contributed by atoms with Crippen molar-refractivity contribution in [3.8, 4) is 11.4 Å². The van der Waals surface area contributed by atoms with Crippen molar-refractivity contribution in [3.05, 3.63) is 130 Å². The van der Waals surface area contributed by atoms with Crippen molar-refractivity contribution in [1.82, 2.24) is 24.4 Å². The van der Waals surface area contributed by atoms with Crippen LogP contribution in [0.1, 0.15) is 42.4 Å². The molecule has 3 aromatic heterocycles. The molecule has 0 saturated carbocycles. The third-order valence-corrected chi connectivity index (χ3v) is 7.94. The van der Waals surface area contributed by atoms with E-state index in [1.165, 1.54) is 15.7 Å². The number of hydrogen-bond donors (Lipinski definition) is 1. The van der Waals surface area contributed by atoms with Crippen molar-refractivity contribution in [1.29, 1.82) is 0 Å². The second-order valence-electron chi connectivity index (χ2n) is 11.0. The van der Waals surface area contributed by atoms with Crippen molar-refractivity contribution in [2.75, 3.05) is 6.61 Å². The number of pyridine rings is 1. The van der Waals surface area contributed by atoms with Crippen molar-refractivity contribution < 1.29 is 27.1 Å². The summed E-state index contributed by atoms with van der Waals surface area (Å²) in [5, 5.41) is 1.11. The molecule has 1 atom stereocenters. The number of hydrogen-bond acceptors (Lipinski definition) is 5. The molecule has 240 valence electrons. The standard InChI is InChI=1S/C35H29F4N5O3/c1-3-47-25-13-11-24(12-14-25)44-33(42-32-27(34(44)46)8-6-16-40-32)21(2)43(20-23-19-41-30-9-5-4-7-26(23)30)31(45)18-22-10-15-29(36)28(17-22)35(37,38)39/h4-17,19,21,41H,3,18,20H2,1-2H3. The molecule has 0 radical (unpaired) electrons. The first-order valence-electron chi connectivity index (χ1n) is 14.9. The van der Waals surface area contributed by atoms with E-state index in [2.05, 4.69) is 9.97 Å². The minimum atomic E-state index is -4.93. The van der Waals surface area contributed by atoms with Gasteiger partial charge in [0.25, 0.3) is 5.56 Å². The lowest BCUT2D eigenvalue weighted by atomic mass is 10.0. The molecular weight excluding hydrogens is 614 g/mol. The number of carbonyl (C=O) groups is 1. The fraction of sp³-hybridized carbons (Fsp3) is 0.200. The van der Waals surface area contributed by atoms with E-state index in [0.29, 0.717) is 30.2 Å². The smallest absolute Gasteiger partial charge is 0.419 e. The Bertz CT molecular complexity index is 2140. The molecule has 47 heavy (non-hydrogen) atoms. The largest absolute Gasteiger partial charge is 0.494 e. The summed E-state index contributed by atoms with van der Waals surface area (Å²) in [4.78, 5) is 41.8. The summed E-state index contributed by atoms with van der Waals surface area (Å²) >= 11 is 0. The minimum absolute atomic E-state index is 0.0168. The highest BCUT2D eigenvalue weighted by molar-refractivity contribution is 5.84. The minimum Gasteiger partial charge on any atom is -0.494 e. The van der Waals surface area contributed by atoms with Gasteiger partial charge in [-0.15, -0.1) is 0 Å². The number of nitrogens with zero attached hydrogens (tertiary/aromatic N) is 4. The number of carbonyl (C=O) groups excluding carboxylic acids is 1. The van der Waals surface area contributed by atoms with Gasteiger partial charge in [0.15, 0.2) is 5.65 Å². The summed E-state index contributed by atoms with van der Waals surface area (Å²) in [5.41, 5.74) is 0.324. The van der Waals surface area contributed by atoms with Crippen LogP contribution in [0.4, 0.5) is 17.6 Å². The second-order valence-corrected chi connectivity index (χ2v) is 11.0. The summed E-state index contributed by atoms with van der Waals surface area (Å²) in [7, 11) is 0. The lowest BCUT2D eigenvalue weighted by Crippen LogP contribution is -2.38. The van der Waals surface area contributed by atoms with Crippen LogP contribution in [0.2, 0.25) is 0 Å². The summed E-state index contributed by atoms with van der Waals surface area (Å²) in [5.74, 6) is -1.20. The average Bonchev–Trinajstić information content (AvgIpc) is 3.47. The molecule has 0 aliphatic carbocycles. The van der Waals surface area contributed by atoms with Crippen LogP contribution in [-0.2, 0) is 23.9 Å². The molecule has 3 aromatic carbocycles. The first kappa shape index (κ1) is 31.5. The highest BCUT2D eigenvalue weighted by Crippen LogP contribution is 2.33. The predicted molar refractivity (Wildman–Crippen MR) is 169 cm³/mol. The van der Waals surface area contributed by atoms with Gasteiger partial charge in [0.05, 0.1) is 35.7 Å². The van der Waals surface area contributed by atoms with E-state index in [4.69, 9.17) is 9.72 Å². The SMILES string of the molecule is CCOc1ccc(-n2c(C(C)N(Cc3c[nH]c4ccccc34)C(=O)Cc3ccc(F)c(C(F)(F)F)c3)nc3ncccc3c2=O)cc1. The van der Waals surface area contributed by atoms with Gasteiger partial charge in [-0.3, -0.25) is 14.2 Å². The van der Waals surface area contributed by atoms with E-state index < -0.39 is 41.5 Å². The monoisotopic (exact) mass is 643 g/mol. The Balaban J connectivity index is 1.48. The van der Waals surface area contributed by atoms with Gasteiger partial charge in [-0.05, 0) is 79.6 Å². The van der Waals surface area contributed by atoms with Crippen molar-refractivity contribution in [2.24, 2.45) is 0 Å². The van der Waals surface area contributed by atoms with Gasteiger partial charge in [0.2, 0.25) is 5.91 Å². The Hall–Kier alpha value is -5.52. The van der Waals surface area contributed by atoms with Gasteiger partial charge < -0.3 is 14.6 Å². The molecule has 1 unspecified atom stereocenters. The molecule has 3 heterocycles. The predicted octanol–water partition coefficient (Wildman–Crippen LogP) is 7.15. The quantitative estimate of drug-likeness (QED) is 0.169. The van der Waals surface area contributed by atoms with Crippen LogP contribution in [0.25, 0.3) is 27.6 Å². The summed E-state index contributed by atoms with van der Waals surface area (Å²) in [6, 6.07) is 19.2. The summed E-state index contributed by atoms with van der Waals surface area (Å²) in [6.07, 6.45) is -2.14. The average molecular weight is 644 g/mol. The third-order valence-electron chi connectivity index (χ3n) is 7.94. The van der Waals surface area contributed by atoms with Crippen LogP contribution in [0.3, 0.4) is 0 Å². The summed E-state index contributed by atoms with van der Waals surface area (Å²) in [6.45, 7) is 4.03. The lowest BCUT2D eigenvalue weighted by Gasteiger charge is -2.31. The molecule has 1 amide bonds. The second kappa shape index (κ2) is 12.7. The van der Waals surface area contributed by atoms with Crippen LogP contribution in [-0.4, -0.2) is 36.9 Å². The van der Waals surface area contributed by atoms with E-state index in [0.717, 1.165) is 22.5 Å². The fourth-order valence-electron chi connectivity index (χ4n) is 5.63. The number of fused-ring (bicyclic) bond motifs is 2. The topological polar surface area (TPSA) is 93.1 Å². The van der Waals surface area contributed by atoms with E-state index in [1.807, 2.05) is 31.2 Å². The van der Waals surface area contributed by atoms with E-state index in [9.17, 15) is 27.2 Å². The number of amides is 1. The molecule has 12 heteroatoms. The number of benzene rings is 3. The van der Waals surface area contributed by atoms with Crippen molar-refractivity contribution in [3.63, 3.8) is 0 Å². The van der Waals surface area contributed by atoms with Gasteiger partial charge in [-0.2, -0.15) is 13.2 Å². The molecule has 1 N–H and O–H groups in total. The number of nitrogens with one attached hydrogen (secondary N) is 1. The Kier molecular flexibility index (Phi) is 8.50. The first-order valence-corrected chi connectivity index (χ1v) is 14.9. The molecule has 0 aliphatic rings. The lowest BCUT2D eigenvalue weighted by molar-refractivity contribution is -0.140. The van der Waals surface area contributed by atoms with Crippen molar-refractivity contribution in [2.45, 2.75) is 39.0 Å². The molecule has 6 aromatic rings. The number of para-hydroxylation sites is 1. The molecule has 6 rings (SSSR count). The number of alkyl halides is 3. The van der Waals surface area contributed by atoms with E-state index in [-0.39, 0.29) is 29.0 Å². The van der Waals surface area contributed by atoms with Gasteiger partial charge in [-0.25, -0.2) is 14.4 Å². The normalized spacial score (nSPS) is 12.4. The van der Waals surface area contributed by atoms with E-state index in [1.54, 1.807) is 49.5 Å². The molecule has 0 saturated heterocycles. The zero-order valence-electron chi connectivity index (χ0n) is 25.4. The highest BCUT2D eigenvalue weighted by Gasteiger charge is 2.35. The molecule has 0 aliphatic heterocycles. The first-order chi connectivity index (χ1) is 22.5. The van der Waals surface area contributed by atoms with Crippen LogP contribution >= 0.6 is 0 Å². The fourth-order valence-corrected chi connectivity index (χ4v) is 5.63. The molecule has 8 nitrogen and oxygen atoms in total. The molecule has 0 spiro atoms. The summed E-state index contributed by atoms with van der Waals surface area (Å²) < 4.78 is 61.6. The van der Waals surface area contributed by atoms with Crippen LogP contribution < -0.4 is 10.3 Å². The zero-order valence-corrected chi connectivity index (χ0v) is 25.4. The number of aromatic amines is 1. The number of H-pyrrole nitrogens is 1. The molecule has 0 fully saturated rings. The maximum atomic E-state index is 14.1. The van der Waals surface area contributed by atoms with Gasteiger partial charge >= 0.3 is 6.18 Å². The van der Waals surface area contributed by atoms with Gasteiger partial charge in [0.1, 0.15) is 17.4 Å². The molecular formula is C35H29F4N5O3. The highest BCUT2D eigenvalue weighted by atomic mass is 19.4. The number of halogens is 4. The molecule has 0 bridgehead atoms. The van der Waals surface area contributed by atoms with Gasteiger partial charge in [-0.1, -0.05) is 24.3 Å². The number of aromatic nitrogens is 4. The third kappa shape index (κ3) is 6.31. The Labute approximate surface area is 266 Å². The Morgan fingerprint density at radius 3 is 2.51 bits per heavy atom. The number of ether oxygens (including phenoxy) is 1. The van der Waals surface area contributed by atoms with Crippen LogP contribution in [0.15, 0.2) is 96.1 Å². The Morgan fingerprint density at radius 1 is 1.02 bits per heavy atom. The van der Waals surface area contributed by atoms with Crippen LogP contribution in [0, 0.1) is 5.82 Å². The maximum Gasteiger partial charge on any atom is 0.419 e. The van der Waals surface area contributed by atoms with Crippen LogP contribution in [0.5, 0.6) is 5.75 Å². The number of rotatable bonds is 9. The zero-order chi connectivity index (χ0) is 33.3.